The van der Waals surface area contributed by atoms with Gasteiger partial charge in [-0.1, -0.05) is 164 Å². The van der Waals surface area contributed by atoms with Gasteiger partial charge in [0.25, 0.3) is 0 Å². The lowest BCUT2D eigenvalue weighted by molar-refractivity contribution is 0.670. The fourth-order valence-corrected chi connectivity index (χ4v) is 9.08. The third-order valence-corrected chi connectivity index (χ3v) is 11.7. The number of rotatable bonds is 5. The number of hydrogen-bond donors (Lipinski definition) is 0. The van der Waals surface area contributed by atoms with Gasteiger partial charge in [-0.3, -0.25) is 0 Å². The van der Waals surface area contributed by atoms with Crippen LogP contribution in [0.5, 0.6) is 0 Å². The summed E-state index contributed by atoms with van der Waals surface area (Å²) in [5.41, 5.74) is 12.5. The quantitative estimate of drug-likeness (QED) is 0.179. The third kappa shape index (κ3) is 4.96. The second-order valence-electron chi connectivity index (χ2n) is 13.7. The molecule has 8 aromatic carbocycles. The Hall–Kier alpha value is -6.88. The summed E-state index contributed by atoms with van der Waals surface area (Å²) in [6.45, 7) is 0. The Morgan fingerprint density at radius 3 is 1.98 bits per heavy atom. The lowest BCUT2D eigenvalue weighted by atomic mass is 9.93. The van der Waals surface area contributed by atoms with Crippen molar-refractivity contribution in [3.63, 3.8) is 0 Å². The highest BCUT2D eigenvalue weighted by atomic mass is 32.1. The molecule has 0 radical (unpaired) electrons. The van der Waals surface area contributed by atoms with Crippen molar-refractivity contribution in [1.29, 1.82) is 0 Å². The van der Waals surface area contributed by atoms with Crippen LogP contribution in [0.15, 0.2) is 186 Å². The van der Waals surface area contributed by atoms with Gasteiger partial charge < -0.3 is 4.42 Å². The summed E-state index contributed by atoms with van der Waals surface area (Å²) in [4.78, 5) is 10.8. The van der Waals surface area contributed by atoms with E-state index < -0.39 is 0 Å². The van der Waals surface area contributed by atoms with E-state index in [1.165, 1.54) is 37.7 Å². The number of fused-ring (bicyclic) bond motifs is 7. The van der Waals surface area contributed by atoms with Crippen molar-refractivity contribution in [3.8, 4) is 56.0 Å². The fourth-order valence-electron chi connectivity index (χ4n) is 7.93. The minimum atomic E-state index is 0.683. The summed E-state index contributed by atoms with van der Waals surface area (Å²) in [5, 5.41) is 5.68. The molecule has 0 saturated heterocycles. The molecule has 0 saturated carbocycles. The minimum absolute atomic E-state index is 0.683. The van der Waals surface area contributed by atoms with Gasteiger partial charge in [-0.2, -0.15) is 0 Å². The summed E-state index contributed by atoms with van der Waals surface area (Å²) < 4.78 is 9.06. The molecule has 0 spiro atoms. The van der Waals surface area contributed by atoms with Crippen LogP contribution in [0, 0.1) is 0 Å². The maximum absolute atomic E-state index is 6.78. The number of para-hydroxylation sites is 1. The van der Waals surface area contributed by atoms with Crippen molar-refractivity contribution in [2.75, 3.05) is 0 Å². The molecule has 0 atom stereocenters. The summed E-state index contributed by atoms with van der Waals surface area (Å²) in [7, 11) is 0. The van der Waals surface area contributed by atoms with Crippen molar-refractivity contribution < 1.29 is 4.42 Å². The zero-order chi connectivity index (χ0) is 35.6. The molecular formula is C50H30N2OS. The average Bonchev–Trinajstić information content (AvgIpc) is 3.82. The molecule has 0 unspecified atom stereocenters. The second-order valence-corrected chi connectivity index (χ2v) is 14.7. The zero-order valence-corrected chi connectivity index (χ0v) is 29.8. The predicted octanol–water partition coefficient (Wildman–Crippen LogP) is 14.2. The summed E-state index contributed by atoms with van der Waals surface area (Å²) >= 11 is 1.75. The maximum atomic E-state index is 6.78. The second kappa shape index (κ2) is 12.4. The van der Waals surface area contributed by atoms with Crippen molar-refractivity contribution in [3.05, 3.63) is 182 Å². The average molecular weight is 707 g/mol. The van der Waals surface area contributed by atoms with E-state index in [1.807, 2.05) is 0 Å². The van der Waals surface area contributed by atoms with E-state index in [9.17, 15) is 0 Å². The molecule has 3 nitrogen and oxygen atoms in total. The number of thiophene rings is 1. The molecule has 11 rings (SSSR count). The molecule has 4 heteroatoms. The Labute approximate surface area is 315 Å². The predicted molar refractivity (Wildman–Crippen MR) is 227 cm³/mol. The highest BCUT2D eigenvalue weighted by Gasteiger charge is 2.21. The first-order valence-electron chi connectivity index (χ1n) is 18.2. The molecule has 0 aliphatic rings. The topological polar surface area (TPSA) is 38.9 Å². The van der Waals surface area contributed by atoms with Gasteiger partial charge in [0.15, 0.2) is 5.82 Å². The minimum Gasteiger partial charge on any atom is -0.455 e. The Balaban J connectivity index is 1.10. The molecule has 0 aliphatic carbocycles. The van der Waals surface area contributed by atoms with Crippen LogP contribution in [0.3, 0.4) is 0 Å². The smallest absolute Gasteiger partial charge is 0.161 e. The van der Waals surface area contributed by atoms with E-state index in [2.05, 4.69) is 182 Å². The number of nitrogens with zero attached hydrogens (tertiary/aromatic N) is 2. The first kappa shape index (κ1) is 30.7. The van der Waals surface area contributed by atoms with Gasteiger partial charge in [-0.15, -0.1) is 11.3 Å². The Morgan fingerprint density at radius 2 is 1.09 bits per heavy atom. The maximum Gasteiger partial charge on any atom is 0.161 e. The number of hydrogen-bond acceptors (Lipinski definition) is 4. The molecule has 0 amide bonds. The van der Waals surface area contributed by atoms with Gasteiger partial charge in [-0.05, 0) is 56.8 Å². The number of benzene rings is 8. The van der Waals surface area contributed by atoms with E-state index in [0.29, 0.717) is 5.82 Å². The van der Waals surface area contributed by atoms with E-state index >= 15 is 0 Å². The molecule has 3 aromatic heterocycles. The monoisotopic (exact) mass is 706 g/mol. The van der Waals surface area contributed by atoms with Gasteiger partial charge in [0.05, 0.1) is 15.9 Å². The first-order valence-corrected chi connectivity index (χ1v) is 19.0. The van der Waals surface area contributed by atoms with Crippen LogP contribution in [-0.4, -0.2) is 9.97 Å². The SMILES string of the molecule is c1ccc(-c2ccccc2-c2cccc3c2oc2cccc(-c4nc(-c5ccc(-c6ccc7ccccc7c6)cc5)c5sc6ccccc6c5n4)c23)cc1. The summed E-state index contributed by atoms with van der Waals surface area (Å²) in [6.07, 6.45) is 0. The Morgan fingerprint density at radius 1 is 0.426 bits per heavy atom. The van der Waals surface area contributed by atoms with Crippen molar-refractivity contribution in [2.45, 2.75) is 0 Å². The molecule has 3 heterocycles. The van der Waals surface area contributed by atoms with E-state index in [4.69, 9.17) is 14.4 Å². The van der Waals surface area contributed by atoms with Crippen LogP contribution in [0.1, 0.15) is 0 Å². The number of furan rings is 1. The molecular weight excluding hydrogens is 677 g/mol. The van der Waals surface area contributed by atoms with Gasteiger partial charge in [-0.25, -0.2) is 9.97 Å². The zero-order valence-electron chi connectivity index (χ0n) is 29.0. The molecule has 0 bridgehead atoms. The van der Waals surface area contributed by atoms with Crippen LogP contribution in [0.4, 0.5) is 0 Å². The molecule has 11 aromatic rings. The third-order valence-electron chi connectivity index (χ3n) is 10.5. The number of aromatic nitrogens is 2. The lowest BCUT2D eigenvalue weighted by Crippen LogP contribution is -1.94. The van der Waals surface area contributed by atoms with Crippen molar-refractivity contribution >= 4 is 64.4 Å². The lowest BCUT2D eigenvalue weighted by Gasteiger charge is -2.11. The van der Waals surface area contributed by atoms with Gasteiger partial charge in [0.2, 0.25) is 0 Å². The van der Waals surface area contributed by atoms with Crippen LogP contribution >= 0.6 is 11.3 Å². The van der Waals surface area contributed by atoms with Gasteiger partial charge >= 0.3 is 0 Å². The largest absolute Gasteiger partial charge is 0.455 e. The highest BCUT2D eigenvalue weighted by molar-refractivity contribution is 7.26. The van der Waals surface area contributed by atoms with Crippen LogP contribution in [-0.2, 0) is 0 Å². The van der Waals surface area contributed by atoms with E-state index in [1.54, 1.807) is 11.3 Å². The normalized spacial score (nSPS) is 11.7. The first-order chi connectivity index (χ1) is 26.8. The summed E-state index contributed by atoms with van der Waals surface area (Å²) in [6, 6.07) is 64.3. The van der Waals surface area contributed by atoms with Crippen molar-refractivity contribution in [1.82, 2.24) is 9.97 Å². The molecule has 0 aliphatic heterocycles. The molecule has 0 N–H and O–H groups in total. The Bertz CT molecular complexity index is 3210. The van der Waals surface area contributed by atoms with E-state index in [0.717, 1.165) is 65.5 Å². The standard InChI is InChI=1S/C50H30N2OS/c1-2-13-33(14-3-1)37-16-6-7-17-38(37)39-19-10-20-41-45-42(21-11-22-43(45)53-48(39)41)50-51-46(49-47(52-50)40-18-8-9-23-44(40)54-49)34-27-24-32(25-28-34)36-29-26-31-12-4-5-15-35(31)30-36/h1-30H. The molecule has 0 fully saturated rings. The molecule has 252 valence electrons. The van der Waals surface area contributed by atoms with Crippen LogP contribution in [0.2, 0.25) is 0 Å². The molecule has 54 heavy (non-hydrogen) atoms. The van der Waals surface area contributed by atoms with Crippen LogP contribution in [0.25, 0.3) is 109 Å². The van der Waals surface area contributed by atoms with Crippen LogP contribution < -0.4 is 0 Å². The Kier molecular flexibility index (Phi) is 7.04. The highest BCUT2D eigenvalue weighted by Crippen LogP contribution is 2.44. The summed E-state index contributed by atoms with van der Waals surface area (Å²) in [5.74, 6) is 0.683. The van der Waals surface area contributed by atoms with Gasteiger partial charge in [0.1, 0.15) is 11.2 Å². The van der Waals surface area contributed by atoms with Crippen molar-refractivity contribution in [2.24, 2.45) is 0 Å². The van der Waals surface area contributed by atoms with E-state index in [-0.39, 0.29) is 0 Å². The fraction of sp³-hybridized carbons (Fsp3) is 0. The van der Waals surface area contributed by atoms with Gasteiger partial charge in [0, 0.05) is 37.5 Å².